The minimum atomic E-state index is -0.0638. The number of benzene rings is 1. The molecule has 0 spiro atoms. The number of aromatic nitrogens is 2. The number of hydrogen-bond acceptors (Lipinski definition) is 5. The highest BCUT2D eigenvalue weighted by atomic mass is 35.5. The van der Waals surface area contributed by atoms with E-state index >= 15 is 0 Å². The number of nitrogens with zero attached hydrogens (tertiary/aromatic N) is 2. The van der Waals surface area contributed by atoms with Gasteiger partial charge in [0.1, 0.15) is 10.5 Å². The van der Waals surface area contributed by atoms with E-state index < -0.39 is 0 Å². The summed E-state index contributed by atoms with van der Waals surface area (Å²) in [4.78, 5) is 25.3. The molecule has 1 atom stereocenters. The first-order valence-electron chi connectivity index (χ1n) is 9.17. The van der Waals surface area contributed by atoms with Crippen molar-refractivity contribution in [2.75, 3.05) is 6.54 Å². The topological polar surface area (TPSA) is 49.0 Å². The Bertz CT molecular complexity index is 1210. The van der Waals surface area contributed by atoms with Gasteiger partial charge in [-0.1, -0.05) is 23.7 Å². The maximum atomic E-state index is 12.7. The van der Waals surface area contributed by atoms with Crippen LogP contribution >= 0.6 is 34.3 Å². The normalized spacial score (nSPS) is 17.1. The molecule has 3 aromatic heterocycles. The Hall–Kier alpha value is -1.99. The van der Waals surface area contributed by atoms with Gasteiger partial charge in [-0.25, -0.2) is 4.98 Å². The maximum Gasteiger partial charge on any atom is 0.268 e. The van der Waals surface area contributed by atoms with Crippen LogP contribution in [0.5, 0.6) is 0 Å². The Morgan fingerprint density at radius 1 is 1.29 bits per heavy atom. The summed E-state index contributed by atoms with van der Waals surface area (Å²) < 4.78 is 0.667. The number of halogens is 1. The second-order valence-electron chi connectivity index (χ2n) is 7.04. The van der Waals surface area contributed by atoms with E-state index in [1.165, 1.54) is 21.8 Å². The molecular weight excluding hydrogens is 410 g/mol. The van der Waals surface area contributed by atoms with Crippen molar-refractivity contribution in [3.8, 4) is 10.4 Å². The molecule has 28 heavy (non-hydrogen) atoms. The van der Waals surface area contributed by atoms with Gasteiger partial charge in [-0.15, -0.1) is 22.7 Å². The number of nitrogens with one attached hydrogen (secondary N) is 1. The van der Waals surface area contributed by atoms with Crippen molar-refractivity contribution >= 4 is 44.5 Å². The molecular formula is C21H18ClN3OS2. The van der Waals surface area contributed by atoms with E-state index in [0.29, 0.717) is 22.3 Å². The molecule has 4 nitrogen and oxygen atoms in total. The maximum absolute atomic E-state index is 12.7. The molecule has 0 bridgehead atoms. The van der Waals surface area contributed by atoms with E-state index in [-0.39, 0.29) is 5.56 Å². The third kappa shape index (κ3) is 3.20. The molecule has 5 rings (SSSR count). The van der Waals surface area contributed by atoms with Crippen molar-refractivity contribution in [3.05, 3.63) is 73.4 Å². The van der Waals surface area contributed by atoms with Crippen LogP contribution in [0.3, 0.4) is 0 Å². The number of aromatic amines is 1. The lowest BCUT2D eigenvalue weighted by Gasteiger charge is -2.33. The lowest BCUT2D eigenvalue weighted by molar-refractivity contribution is 0.186. The van der Waals surface area contributed by atoms with Gasteiger partial charge in [0.15, 0.2) is 0 Å². The zero-order valence-electron chi connectivity index (χ0n) is 15.2. The summed E-state index contributed by atoms with van der Waals surface area (Å²) >= 11 is 9.29. The lowest BCUT2D eigenvalue weighted by Crippen LogP contribution is -2.33. The van der Waals surface area contributed by atoms with Gasteiger partial charge < -0.3 is 4.98 Å². The molecule has 0 radical (unpaired) electrons. The van der Waals surface area contributed by atoms with E-state index in [9.17, 15) is 4.79 Å². The number of fused-ring (bicyclic) bond motifs is 2. The van der Waals surface area contributed by atoms with Crippen molar-refractivity contribution in [2.24, 2.45) is 0 Å². The number of H-pyrrole nitrogens is 1. The van der Waals surface area contributed by atoms with Crippen LogP contribution < -0.4 is 5.56 Å². The standard InChI is InChI=1S/C21H18ClN3OS2/c1-12-15-7-9-27-17(15)6-8-25(12)11-19-23-16-10-18(28-20(16)21(26)24-19)13-2-4-14(22)5-3-13/h2-5,7,9-10,12H,6,8,11H2,1H3,(H,23,24,26). The second-order valence-corrected chi connectivity index (χ2v) is 9.53. The summed E-state index contributed by atoms with van der Waals surface area (Å²) in [5.41, 5.74) is 3.14. The van der Waals surface area contributed by atoms with Gasteiger partial charge >= 0.3 is 0 Å². The second kappa shape index (κ2) is 7.12. The van der Waals surface area contributed by atoms with Crippen LogP contribution in [-0.2, 0) is 13.0 Å². The molecule has 1 N–H and O–H groups in total. The quantitative estimate of drug-likeness (QED) is 0.470. The first kappa shape index (κ1) is 18.1. The van der Waals surface area contributed by atoms with Gasteiger partial charge in [-0.05, 0) is 54.1 Å². The summed E-state index contributed by atoms with van der Waals surface area (Å²) in [6.45, 7) is 3.86. The summed E-state index contributed by atoms with van der Waals surface area (Å²) in [5, 5.41) is 2.87. The fraction of sp³-hybridized carbons (Fsp3) is 0.238. The van der Waals surface area contributed by atoms with Crippen molar-refractivity contribution in [3.63, 3.8) is 0 Å². The predicted octanol–water partition coefficient (Wildman–Crippen LogP) is 5.49. The van der Waals surface area contributed by atoms with E-state index in [1.807, 2.05) is 41.7 Å². The van der Waals surface area contributed by atoms with E-state index in [1.54, 1.807) is 0 Å². The largest absolute Gasteiger partial charge is 0.308 e. The molecule has 1 aromatic carbocycles. The number of rotatable bonds is 3. The van der Waals surface area contributed by atoms with Crippen molar-refractivity contribution in [1.29, 1.82) is 0 Å². The van der Waals surface area contributed by atoms with Gasteiger partial charge in [0.05, 0.1) is 12.1 Å². The third-order valence-electron chi connectivity index (χ3n) is 5.32. The molecule has 1 aliphatic rings. The summed E-state index contributed by atoms with van der Waals surface area (Å²) in [5.74, 6) is 0.725. The van der Waals surface area contributed by atoms with Gasteiger partial charge in [0.25, 0.3) is 5.56 Å². The van der Waals surface area contributed by atoms with Crippen molar-refractivity contribution in [2.45, 2.75) is 25.9 Å². The summed E-state index contributed by atoms with van der Waals surface area (Å²) in [6, 6.07) is 12.2. The molecule has 0 fully saturated rings. The van der Waals surface area contributed by atoms with Gasteiger partial charge in [-0.2, -0.15) is 0 Å². The number of hydrogen-bond donors (Lipinski definition) is 1. The molecule has 142 valence electrons. The van der Waals surface area contributed by atoms with E-state index in [0.717, 1.165) is 34.7 Å². The SMILES string of the molecule is CC1c2ccsc2CCN1Cc1nc2cc(-c3ccc(Cl)cc3)sc2c(=O)[nH]1. The molecule has 0 amide bonds. The van der Waals surface area contributed by atoms with Gasteiger partial charge in [0, 0.05) is 27.4 Å². The highest BCUT2D eigenvalue weighted by Crippen LogP contribution is 2.34. The molecule has 0 saturated carbocycles. The van der Waals surface area contributed by atoms with Crippen LogP contribution in [0.15, 0.2) is 46.6 Å². The lowest BCUT2D eigenvalue weighted by atomic mass is 10.0. The fourth-order valence-electron chi connectivity index (χ4n) is 3.79. The molecule has 0 saturated heterocycles. The highest BCUT2D eigenvalue weighted by molar-refractivity contribution is 7.22. The van der Waals surface area contributed by atoms with Gasteiger partial charge in [0.2, 0.25) is 0 Å². The first-order chi connectivity index (χ1) is 13.6. The Balaban J connectivity index is 1.46. The molecule has 4 heterocycles. The number of thiophene rings is 2. The van der Waals surface area contributed by atoms with Gasteiger partial charge in [-0.3, -0.25) is 9.69 Å². The Kier molecular flexibility index (Phi) is 4.59. The summed E-state index contributed by atoms with van der Waals surface area (Å²) in [7, 11) is 0. The van der Waals surface area contributed by atoms with E-state index in [4.69, 9.17) is 16.6 Å². The van der Waals surface area contributed by atoms with Crippen LogP contribution in [0.4, 0.5) is 0 Å². The monoisotopic (exact) mass is 427 g/mol. The predicted molar refractivity (Wildman–Crippen MR) is 118 cm³/mol. The van der Waals surface area contributed by atoms with Crippen LogP contribution in [0, 0.1) is 0 Å². The van der Waals surface area contributed by atoms with Crippen LogP contribution in [0.25, 0.3) is 20.7 Å². The van der Waals surface area contributed by atoms with Crippen LogP contribution in [0.1, 0.15) is 29.2 Å². The highest BCUT2D eigenvalue weighted by Gasteiger charge is 2.25. The minimum Gasteiger partial charge on any atom is -0.308 e. The Labute approximate surface area is 175 Å². The zero-order valence-corrected chi connectivity index (χ0v) is 17.6. The Morgan fingerprint density at radius 3 is 2.93 bits per heavy atom. The first-order valence-corrected chi connectivity index (χ1v) is 11.2. The third-order valence-corrected chi connectivity index (χ3v) is 7.74. The minimum absolute atomic E-state index is 0.0638. The zero-order chi connectivity index (χ0) is 19.3. The smallest absolute Gasteiger partial charge is 0.268 e. The average molecular weight is 428 g/mol. The van der Waals surface area contributed by atoms with Crippen molar-refractivity contribution in [1.82, 2.24) is 14.9 Å². The summed E-state index contributed by atoms with van der Waals surface area (Å²) in [6.07, 6.45) is 1.06. The molecule has 7 heteroatoms. The van der Waals surface area contributed by atoms with E-state index in [2.05, 4.69) is 28.3 Å². The molecule has 0 aliphatic carbocycles. The Morgan fingerprint density at radius 2 is 2.11 bits per heavy atom. The van der Waals surface area contributed by atoms with Crippen LogP contribution in [0.2, 0.25) is 5.02 Å². The van der Waals surface area contributed by atoms with Crippen molar-refractivity contribution < 1.29 is 0 Å². The fourth-order valence-corrected chi connectivity index (χ4v) is 5.88. The average Bonchev–Trinajstić information content (AvgIpc) is 3.32. The van der Waals surface area contributed by atoms with Crippen LogP contribution in [-0.4, -0.2) is 21.4 Å². The molecule has 1 aliphatic heterocycles. The molecule has 4 aromatic rings. The molecule has 1 unspecified atom stereocenters.